The highest BCUT2D eigenvalue weighted by atomic mass is 35.5. The van der Waals surface area contributed by atoms with Crippen molar-refractivity contribution >= 4 is 11.6 Å². The number of benzene rings is 2. The lowest BCUT2D eigenvalue weighted by molar-refractivity contribution is 0.401. The van der Waals surface area contributed by atoms with Crippen LogP contribution in [0.25, 0.3) is 0 Å². The Morgan fingerprint density at radius 2 is 1.76 bits per heavy atom. The predicted octanol–water partition coefficient (Wildman–Crippen LogP) is 4.47. The number of rotatable bonds is 5. The first-order chi connectivity index (χ1) is 10.0. The third-order valence-corrected chi connectivity index (χ3v) is 3.87. The van der Waals surface area contributed by atoms with E-state index in [-0.39, 0.29) is 6.04 Å². The van der Waals surface area contributed by atoms with Crippen LogP contribution in [-0.2, 0) is 6.42 Å². The maximum atomic E-state index is 6.14. The number of ether oxygens (including phenoxy) is 1. The topological polar surface area (TPSA) is 21.3 Å². The summed E-state index contributed by atoms with van der Waals surface area (Å²) in [5.74, 6) is 0.864. The van der Waals surface area contributed by atoms with Gasteiger partial charge in [-0.1, -0.05) is 40.9 Å². The minimum atomic E-state index is 0.167. The van der Waals surface area contributed by atoms with Crippen LogP contribution in [0.4, 0.5) is 0 Å². The normalized spacial score (nSPS) is 12.2. The van der Waals surface area contributed by atoms with Crippen LogP contribution in [-0.4, -0.2) is 14.2 Å². The van der Waals surface area contributed by atoms with Crippen LogP contribution in [0.3, 0.4) is 0 Å². The highest BCUT2D eigenvalue weighted by molar-refractivity contribution is 6.30. The van der Waals surface area contributed by atoms with Gasteiger partial charge in [0.2, 0.25) is 0 Å². The summed E-state index contributed by atoms with van der Waals surface area (Å²) in [4.78, 5) is 0. The fourth-order valence-electron chi connectivity index (χ4n) is 2.77. The van der Waals surface area contributed by atoms with E-state index in [1.807, 2.05) is 25.2 Å². The third-order valence-electron chi connectivity index (χ3n) is 3.64. The summed E-state index contributed by atoms with van der Waals surface area (Å²) in [5.41, 5.74) is 4.98. The second-order valence-corrected chi connectivity index (χ2v) is 5.86. The van der Waals surface area contributed by atoms with Crippen LogP contribution in [0.15, 0.2) is 36.4 Å². The van der Waals surface area contributed by atoms with Crippen LogP contribution in [0, 0.1) is 13.8 Å². The Morgan fingerprint density at radius 3 is 2.33 bits per heavy atom. The van der Waals surface area contributed by atoms with Crippen molar-refractivity contribution in [1.82, 2.24) is 5.32 Å². The average Bonchev–Trinajstić information content (AvgIpc) is 2.43. The standard InChI is InChI=1S/C18H22ClNO/c1-12-7-13(2)9-14(8-12)10-17(20-3)16-11-15(19)5-6-18(16)21-4/h5-9,11,17,20H,10H2,1-4H3. The van der Waals surface area contributed by atoms with Crippen LogP contribution in [0.5, 0.6) is 5.75 Å². The van der Waals surface area contributed by atoms with Crippen molar-refractivity contribution in [2.45, 2.75) is 26.3 Å². The van der Waals surface area contributed by atoms with Crippen LogP contribution in [0.2, 0.25) is 5.02 Å². The molecule has 112 valence electrons. The van der Waals surface area contributed by atoms with Gasteiger partial charge in [-0.15, -0.1) is 0 Å². The number of hydrogen-bond donors (Lipinski definition) is 1. The third kappa shape index (κ3) is 3.99. The van der Waals surface area contributed by atoms with Gasteiger partial charge in [0, 0.05) is 16.6 Å². The van der Waals surface area contributed by atoms with E-state index in [2.05, 4.69) is 37.4 Å². The van der Waals surface area contributed by atoms with E-state index >= 15 is 0 Å². The van der Waals surface area contributed by atoms with Crippen molar-refractivity contribution in [3.05, 3.63) is 63.7 Å². The molecular weight excluding hydrogens is 282 g/mol. The molecule has 2 rings (SSSR count). The minimum absolute atomic E-state index is 0.167. The van der Waals surface area contributed by atoms with E-state index < -0.39 is 0 Å². The number of halogens is 1. The molecule has 0 bridgehead atoms. The molecule has 0 aliphatic rings. The molecular formula is C18H22ClNO. The van der Waals surface area contributed by atoms with E-state index in [4.69, 9.17) is 16.3 Å². The summed E-state index contributed by atoms with van der Waals surface area (Å²) in [6, 6.07) is 12.6. The van der Waals surface area contributed by atoms with Gasteiger partial charge < -0.3 is 10.1 Å². The number of likely N-dealkylation sites (N-methyl/N-ethyl adjacent to an activating group) is 1. The lowest BCUT2D eigenvalue weighted by atomic mass is 9.96. The molecule has 0 aliphatic heterocycles. The lowest BCUT2D eigenvalue weighted by Crippen LogP contribution is -2.19. The maximum absolute atomic E-state index is 6.14. The van der Waals surface area contributed by atoms with Crippen molar-refractivity contribution in [3.8, 4) is 5.75 Å². The molecule has 2 aromatic carbocycles. The van der Waals surface area contributed by atoms with Gasteiger partial charge in [-0.25, -0.2) is 0 Å². The molecule has 2 nitrogen and oxygen atoms in total. The first-order valence-corrected chi connectivity index (χ1v) is 7.49. The lowest BCUT2D eigenvalue weighted by Gasteiger charge is -2.20. The summed E-state index contributed by atoms with van der Waals surface area (Å²) in [7, 11) is 3.66. The Bertz CT molecular complexity index is 604. The monoisotopic (exact) mass is 303 g/mol. The van der Waals surface area contributed by atoms with Crippen LogP contribution < -0.4 is 10.1 Å². The van der Waals surface area contributed by atoms with Crippen molar-refractivity contribution in [2.75, 3.05) is 14.2 Å². The van der Waals surface area contributed by atoms with Gasteiger partial charge in [0.15, 0.2) is 0 Å². The molecule has 0 amide bonds. The van der Waals surface area contributed by atoms with Gasteiger partial charge in [-0.3, -0.25) is 0 Å². The summed E-state index contributed by atoms with van der Waals surface area (Å²) in [5, 5.41) is 4.10. The van der Waals surface area contributed by atoms with E-state index in [1.165, 1.54) is 16.7 Å². The van der Waals surface area contributed by atoms with Crippen molar-refractivity contribution in [1.29, 1.82) is 0 Å². The van der Waals surface area contributed by atoms with Crippen molar-refractivity contribution in [3.63, 3.8) is 0 Å². The summed E-state index contributed by atoms with van der Waals surface area (Å²) < 4.78 is 5.47. The zero-order valence-electron chi connectivity index (χ0n) is 13.0. The number of hydrogen-bond acceptors (Lipinski definition) is 2. The highest BCUT2D eigenvalue weighted by Crippen LogP contribution is 2.30. The Kier molecular flexibility index (Phi) is 5.27. The molecule has 2 aromatic rings. The molecule has 1 atom stereocenters. The maximum Gasteiger partial charge on any atom is 0.123 e. The SMILES string of the molecule is CNC(Cc1cc(C)cc(C)c1)c1cc(Cl)ccc1OC. The largest absolute Gasteiger partial charge is 0.496 e. The molecule has 0 saturated heterocycles. The molecule has 21 heavy (non-hydrogen) atoms. The average molecular weight is 304 g/mol. The summed E-state index contributed by atoms with van der Waals surface area (Å²) >= 11 is 6.14. The fraction of sp³-hybridized carbons (Fsp3) is 0.333. The highest BCUT2D eigenvalue weighted by Gasteiger charge is 2.16. The van der Waals surface area contributed by atoms with Gasteiger partial charge in [-0.2, -0.15) is 0 Å². The van der Waals surface area contributed by atoms with Crippen LogP contribution >= 0.6 is 11.6 Å². The zero-order valence-corrected chi connectivity index (χ0v) is 13.8. The predicted molar refractivity (Wildman–Crippen MR) is 89.4 cm³/mol. The summed E-state index contributed by atoms with van der Waals surface area (Å²) in [6.45, 7) is 4.26. The molecule has 0 spiro atoms. The number of aryl methyl sites for hydroxylation is 2. The van der Waals surface area contributed by atoms with E-state index in [1.54, 1.807) is 7.11 Å². The first kappa shape index (κ1) is 15.9. The molecule has 0 saturated carbocycles. The molecule has 1 N–H and O–H groups in total. The fourth-order valence-corrected chi connectivity index (χ4v) is 2.95. The van der Waals surface area contributed by atoms with Gasteiger partial charge in [0.05, 0.1) is 7.11 Å². The van der Waals surface area contributed by atoms with Crippen LogP contribution in [0.1, 0.15) is 28.3 Å². The van der Waals surface area contributed by atoms with Crippen molar-refractivity contribution in [2.24, 2.45) is 0 Å². The van der Waals surface area contributed by atoms with Gasteiger partial charge >= 0.3 is 0 Å². The first-order valence-electron chi connectivity index (χ1n) is 7.11. The Balaban J connectivity index is 2.33. The van der Waals surface area contributed by atoms with Gasteiger partial charge in [-0.05, 0) is 51.1 Å². The molecule has 0 aliphatic carbocycles. The molecule has 1 unspecified atom stereocenters. The van der Waals surface area contributed by atoms with E-state index in [0.29, 0.717) is 0 Å². The van der Waals surface area contributed by atoms with Gasteiger partial charge in [0.1, 0.15) is 5.75 Å². The molecule has 3 heteroatoms. The van der Waals surface area contributed by atoms with E-state index in [0.717, 1.165) is 22.8 Å². The smallest absolute Gasteiger partial charge is 0.123 e. The van der Waals surface area contributed by atoms with Crippen molar-refractivity contribution < 1.29 is 4.74 Å². The summed E-state index contributed by atoms with van der Waals surface area (Å²) in [6.07, 6.45) is 0.899. The Labute approximate surface area is 132 Å². The molecule has 0 aromatic heterocycles. The van der Waals surface area contributed by atoms with E-state index in [9.17, 15) is 0 Å². The Hall–Kier alpha value is -1.51. The quantitative estimate of drug-likeness (QED) is 0.880. The second-order valence-electron chi connectivity index (χ2n) is 5.43. The minimum Gasteiger partial charge on any atom is -0.496 e. The van der Waals surface area contributed by atoms with Gasteiger partial charge in [0.25, 0.3) is 0 Å². The number of nitrogens with one attached hydrogen (secondary N) is 1. The molecule has 0 fully saturated rings. The zero-order chi connectivity index (χ0) is 15.4. The molecule has 0 heterocycles. The second kappa shape index (κ2) is 6.97. The molecule has 0 radical (unpaired) electrons. The Morgan fingerprint density at radius 1 is 1.10 bits per heavy atom. The number of methoxy groups -OCH3 is 1.